The second kappa shape index (κ2) is 6.22. The first-order valence-corrected chi connectivity index (χ1v) is 6.89. The highest BCUT2D eigenvalue weighted by Gasteiger charge is 2.26. The summed E-state index contributed by atoms with van der Waals surface area (Å²) in [4.78, 5) is 24.9. The van der Waals surface area contributed by atoms with E-state index >= 15 is 0 Å². The van der Waals surface area contributed by atoms with Gasteiger partial charge in [-0.1, -0.05) is 30.3 Å². The van der Waals surface area contributed by atoms with Crippen LogP contribution in [-0.4, -0.2) is 31.5 Å². The zero-order valence-electron chi connectivity index (χ0n) is 12.4. The molecule has 1 aromatic carbocycles. The predicted octanol–water partition coefficient (Wildman–Crippen LogP) is 2.21. The van der Waals surface area contributed by atoms with E-state index in [9.17, 15) is 10.1 Å². The van der Waals surface area contributed by atoms with Gasteiger partial charge in [0.2, 0.25) is 11.6 Å². The Hall–Kier alpha value is -3.29. The molecule has 0 atom stereocenters. The Morgan fingerprint density at radius 2 is 2.04 bits per heavy atom. The first kappa shape index (κ1) is 14.6. The summed E-state index contributed by atoms with van der Waals surface area (Å²) in [6, 6.07) is 9.69. The van der Waals surface area contributed by atoms with Gasteiger partial charge in [0.05, 0.1) is 4.92 Å². The van der Waals surface area contributed by atoms with Gasteiger partial charge >= 0.3 is 5.69 Å². The molecule has 0 unspecified atom stereocenters. The Kier molecular flexibility index (Phi) is 3.96. The summed E-state index contributed by atoms with van der Waals surface area (Å²) < 4.78 is 1.50. The fraction of sp³-hybridized carbons (Fsp3) is 0.133. The van der Waals surface area contributed by atoms with Gasteiger partial charge in [-0.2, -0.15) is 0 Å². The van der Waals surface area contributed by atoms with Crippen LogP contribution >= 0.6 is 0 Å². The predicted molar refractivity (Wildman–Crippen MR) is 84.4 cm³/mol. The van der Waals surface area contributed by atoms with Crippen molar-refractivity contribution in [3.05, 3.63) is 71.1 Å². The van der Waals surface area contributed by atoms with Crippen molar-refractivity contribution in [2.24, 2.45) is 0 Å². The lowest BCUT2D eigenvalue weighted by Gasteiger charge is -2.18. The molecule has 0 saturated heterocycles. The van der Waals surface area contributed by atoms with Crippen molar-refractivity contribution in [3.63, 3.8) is 0 Å². The number of rotatable bonds is 5. The minimum absolute atomic E-state index is 0.149. The SMILES string of the molecule is CN(Cc1ccccc1)c1ncnc(-n2ccnc2)c1[N+](=O)[O-]. The molecule has 0 aliphatic heterocycles. The molecule has 8 heteroatoms. The standard InChI is InChI=1S/C15H14N6O2/c1-19(9-12-5-3-2-4-6-12)14-13(21(22)23)15(18-10-17-14)20-8-7-16-11-20/h2-8,10-11H,9H2,1H3. The van der Waals surface area contributed by atoms with Gasteiger partial charge < -0.3 is 4.90 Å². The molecule has 116 valence electrons. The van der Waals surface area contributed by atoms with Gasteiger partial charge in [0.1, 0.15) is 12.7 Å². The average molecular weight is 310 g/mol. The Labute approximate surface area is 132 Å². The lowest BCUT2D eigenvalue weighted by atomic mass is 10.2. The minimum atomic E-state index is -0.466. The summed E-state index contributed by atoms with van der Waals surface area (Å²) in [7, 11) is 1.76. The van der Waals surface area contributed by atoms with Gasteiger partial charge in [-0.25, -0.2) is 15.0 Å². The quantitative estimate of drug-likeness (QED) is 0.530. The summed E-state index contributed by atoms with van der Waals surface area (Å²) in [5.74, 6) is 0.454. The van der Waals surface area contributed by atoms with Crippen molar-refractivity contribution in [1.29, 1.82) is 0 Å². The van der Waals surface area contributed by atoms with Crippen LogP contribution in [-0.2, 0) is 6.54 Å². The number of anilines is 1. The number of nitrogens with zero attached hydrogens (tertiary/aromatic N) is 6. The van der Waals surface area contributed by atoms with Crippen LogP contribution < -0.4 is 4.90 Å². The van der Waals surface area contributed by atoms with Crippen molar-refractivity contribution in [1.82, 2.24) is 19.5 Å². The number of nitro groups is 1. The van der Waals surface area contributed by atoms with Gasteiger partial charge in [-0.3, -0.25) is 14.7 Å². The number of hydrogen-bond donors (Lipinski definition) is 0. The van der Waals surface area contributed by atoms with E-state index in [4.69, 9.17) is 0 Å². The highest BCUT2D eigenvalue weighted by atomic mass is 16.6. The average Bonchev–Trinajstić information content (AvgIpc) is 3.09. The van der Waals surface area contributed by atoms with Crippen molar-refractivity contribution in [2.75, 3.05) is 11.9 Å². The monoisotopic (exact) mass is 310 g/mol. The molecule has 0 saturated carbocycles. The fourth-order valence-corrected chi connectivity index (χ4v) is 2.31. The van der Waals surface area contributed by atoms with Gasteiger partial charge in [-0.05, 0) is 5.56 Å². The van der Waals surface area contributed by atoms with E-state index in [1.807, 2.05) is 30.3 Å². The van der Waals surface area contributed by atoms with Crippen LogP contribution in [0.1, 0.15) is 5.56 Å². The molecule has 3 aromatic rings. The van der Waals surface area contributed by atoms with Crippen LogP contribution in [0.3, 0.4) is 0 Å². The van der Waals surface area contributed by atoms with Crippen LogP contribution in [0.4, 0.5) is 11.5 Å². The topological polar surface area (TPSA) is 90.0 Å². The molecule has 23 heavy (non-hydrogen) atoms. The van der Waals surface area contributed by atoms with E-state index in [-0.39, 0.29) is 17.3 Å². The summed E-state index contributed by atoms with van der Waals surface area (Å²) in [5.41, 5.74) is 0.885. The molecule has 0 N–H and O–H groups in total. The highest BCUT2D eigenvalue weighted by molar-refractivity contribution is 5.65. The van der Waals surface area contributed by atoms with E-state index in [0.29, 0.717) is 6.54 Å². The van der Waals surface area contributed by atoms with Crippen molar-refractivity contribution < 1.29 is 4.92 Å². The van der Waals surface area contributed by atoms with E-state index in [2.05, 4.69) is 15.0 Å². The molecular weight excluding hydrogens is 296 g/mol. The number of benzene rings is 1. The first-order chi connectivity index (χ1) is 11.2. The maximum Gasteiger partial charge on any atom is 0.354 e. The van der Waals surface area contributed by atoms with E-state index in [0.717, 1.165) is 5.56 Å². The third-order valence-corrected chi connectivity index (χ3v) is 3.34. The Morgan fingerprint density at radius 1 is 1.26 bits per heavy atom. The minimum Gasteiger partial charge on any atom is -0.349 e. The van der Waals surface area contributed by atoms with Crippen LogP contribution in [0, 0.1) is 10.1 Å². The van der Waals surface area contributed by atoms with Gasteiger partial charge in [-0.15, -0.1) is 0 Å². The third kappa shape index (κ3) is 3.00. The zero-order valence-corrected chi connectivity index (χ0v) is 12.4. The van der Waals surface area contributed by atoms with Crippen molar-refractivity contribution in [2.45, 2.75) is 6.54 Å². The Bertz CT molecular complexity index is 804. The fourth-order valence-electron chi connectivity index (χ4n) is 2.31. The smallest absolute Gasteiger partial charge is 0.349 e. The molecule has 0 radical (unpaired) electrons. The summed E-state index contributed by atoms with van der Waals surface area (Å²) >= 11 is 0. The second-order valence-corrected chi connectivity index (χ2v) is 4.94. The Balaban J connectivity index is 2.02. The molecule has 0 aliphatic rings. The molecule has 2 heterocycles. The molecule has 0 amide bonds. The maximum absolute atomic E-state index is 11.6. The first-order valence-electron chi connectivity index (χ1n) is 6.89. The lowest BCUT2D eigenvalue weighted by molar-refractivity contribution is -0.384. The van der Waals surface area contributed by atoms with Crippen LogP contribution in [0.5, 0.6) is 0 Å². The molecule has 0 aliphatic carbocycles. The van der Waals surface area contributed by atoms with Gasteiger partial charge in [0.25, 0.3) is 0 Å². The summed E-state index contributed by atoms with van der Waals surface area (Å²) in [5, 5.41) is 11.6. The summed E-state index contributed by atoms with van der Waals surface area (Å²) in [6.07, 6.45) is 5.94. The summed E-state index contributed by atoms with van der Waals surface area (Å²) in [6.45, 7) is 0.502. The molecule has 0 spiro atoms. The Morgan fingerprint density at radius 3 is 2.70 bits per heavy atom. The molecule has 8 nitrogen and oxygen atoms in total. The molecule has 3 rings (SSSR count). The third-order valence-electron chi connectivity index (χ3n) is 3.34. The lowest BCUT2D eigenvalue weighted by Crippen LogP contribution is -2.20. The molecule has 2 aromatic heterocycles. The van der Waals surface area contributed by atoms with E-state index in [1.165, 1.54) is 17.2 Å². The number of aromatic nitrogens is 4. The van der Waals surface area contributed by atoms with Crippen LogP contribution in [0.25, 0.3) is 5.82 Å². The molecular formula is C15H14N6O2. The maximum atomic E-state index is 11.6. The van der Waals surface area contributed by atoms with Crippen molar-refractivity contribution >= 4 is 11.5 Å². The van der Waals surface area contributed by atoms with Gasteiger partial charge in [0.15, 0.2) is 0 Å². The van der Waals surface area contributed by atoms with Crippen LogP contribution in [0.15, 0.2) is 55.4 Å². The normalized spacial score (nSPS) is 10.5. The molecule has 0 bridgehead atoms. The van der Waals surface area contributed by atoms with E-state index in [1.54, 1.807) is 24.3 Å². The number of hydrogen-bond acceptors (Lipinski definition) is 6. The largest absolute Gasteiger partial charge is 0.354 e. The molecule has 0 fully saturated rings. The van der Waals surface area contributed by atoms with E-state index < -0.39 is 4.92 Å². The van der Waals surface area contributed by atoms with Crippen LogP contribution in [0.2, 0.25) is 0 Å². The highest BCUT2D eigenvalue weighted by Crippen LogP contribution is 2.30. The van der Waals surface area contributed by atoms with Gasteiger partial charge in [0, 0.05) is 26.0 Å². The number of imidazole rings is 1. The van der Waals surface area contributed by atoms with Crippen molar-refractivity contribution in [3.8, 4) is 5.82 Å². The second-order valence-electron chi connectivity index (χ2n) is 4.94. The zero-order chi connectivity index (χ0) is 16.2.